The van der Waals surface area contributed by atoms with Crippen molar-refractivity contribution in [1.82, 2.24) is 15.5 Å². The number of carbonyl (C=O) groups is 3. The first-order valence-corrected chi connectivity index (χ1v) is 12.2. The number of benzene rings is 1. The molecular weight excluding hydrogens is 436 g/mol. The van der Waals surface area contributed by atoms with Crippen molar-refractivity contribution in [3.05, 3.63) is 23.8 Å². The van der Waals surface area contributed by atoms with Gasteiger partial charge in [0.1, 0.15) is 5.75 Å². The van der Waals surface area contributed by atoms with Crippen molar-refractivity contribution in [2.24, 2.45) is 0 Å². The van der Waals surface area contributed by atoms with Crippen LogP contribution in [0.15, 0.2) is 18.2 Å². The number of amides is 3. The van der Waals surface area contributed by atoms with E-state index in [1.165, 1.54) is 7.11 Å². The number of anilines is 1. The molecule has 0 aliphatic carbocycles. The van der Waals surface area contributed by atoms with Crippen LogP contribution in [0.25, 0.3) is 0 Å². The predicted octanol–water partition coefficient (Wildman–Crippen LogP) is 1.95. The Labute approximate surface area is 202 Å². The molecule has 9 heteroatoms. The molecule has 1 unspecified atom stereocenters. The van der Waals surface area contributed by atoms with Crippen LogP contribution in [0.5, 0.6) is 5.75 Å². The average molecular weight is 475 g/mol. The fourth-order valence-electron chi connectivity index (χ4n) is 4.69. The smallest absolute Gasteiger partial charge is 0.273 e. The van der Waals surface area contributed by atoms with Crippen molar-refractivity contribution in [2.75, 3.05) is 44.8 Å². The van der Waals surface area contributed by atoms with E-state index in [1.807, 2.05) is 18.7 Å². The molecule has 1 saturated heterocycles. The molecule has 34 heavy (non-hydrogen) atoms. The van der Waals surface area contributed by atoms with Crippen LogP contribution in [-0.4, -0.2) is 80.2 Å². The second kappa shape index (κ2) is 11.2. The summed E-state index contributed by atoms with van der Waals surface area (Å²) in [5, 5.41) is 6.20. The van der Waals surface area contributed by atoms with Gasteiger partial charge in [-0.3, -0.25) is 14.4 Å². The van der Waals surface area contributed by atoms with E-state index in [0.717, 1.165) is 25.9 Å². The number of nitrogens with one attached hydrogen (secondary N) is 2. The van der Waals surface area contributed by atoms with Gasteiger partial charge in [-0.1, -0.05) is 6.92 Å². The summed E-state index contributed by atoms with van der Waals surface area (Å²) in [6, 6.07) is 5.40. The lowest BCUT2D eigenvalue weighted by Gasteiger charge is -2.41. The zero-order valence-corrected chi connectivity index (χ0v) is 21.0. The summed E-state index contributed by atoms with van der Waals surface area (Å²) in [4.78, 5) is 42.3. The molecule has 2 aliphatic rings. The average Bonchev–Trinajstić information content (AvgIpc) is 2.81. The van der Waals surface area contributed by atoms with E-state index >= 15 is 0 Å². The molecule has 2 heterocycles. The number of ether oxygens (including phenoxy) is 2. The second-order valence-corrected chi connectivity index (χ2v) is 9.42. The van der Waals surface area contributed by atoms with Crippen LogP contribution in [0, 0.1) is 0 Å². The summed E-state index contributed by atoms with van der Waals surface area (Å²) in [7, 11) is 1.52. The molecule has 0 saturated carbocycles. The normalized spacial score (nSPS) is 22.2. The molecule has 2 aliphatic heterocycles. The topological polar surface area (TPSA) is 100 Å². The molecule has 1 fully saturated rings. The van der Waals surface area contributed by atoms with Crippen LogP contribution in [0.3, 0.4) is 0 Å². The molecule has 9 nitrogen and oxygen atoms in total. The molecule has 0 aromatic heterocycles. The molecule has 2 atom stereocenters. The summed E-state index contributed by atoms with van der Waals surface area (Å²) in [5.41, 5.74) is -0.159. The van der Waals surface area contributed by atoms with Gasteiger partial charge in [-0.2, -0.15) is 0 Å². The molecule has 2 N–H and O–H groups in total. The van der Waals surface area contributed by atoms with Crippen molar-refractivity contribution in [3.63, 3.8) is 0 Å². The van der Waals surface area contributed by atoms with Crippen LogP contribution < -0.4 is 20.3 Å². The standard InChI is InChI=1S/C25H38N4O5/c1-6-22(30)27-12-13-28-20-14-18(9-10-21(20)34-25(4,16-33-5)24(28)32)23(31)29(17(2)3)19-8-7-11-26-15-19/h9-10,14,17,19,26H,6-8,11-13,15-16H2,1-5H3,(H,27,30)/t19-,25?/m1/s1. The van der Waals surface area contributed by atoms with Crippen molar-refractivity contribution >= 4 is 23.4 Å². The summed E-state index contributed by atoms with van der Waals surface area (Å²) in [6.45, 7) is 9.90. The van der Waals surface area contributed by atoms with Crippen LogP contribution in [0.4, 0.5) is 5.69 Å². The molecule has 0 spiro atoms. The second-order valence-electron chi connectivity index (χ2n) is 9.42. The third-order valence-electron chi connectivity index (χ3n) is 6.38. The van der Waals surface area contributed by atoms with E-state index in [1.54, 1.807) is 36.9 Å². The third-order valence-corrected chi connectivity index (χ3v) is 6.38. The summed E-state index contributed by atoms with van der Waals surface area (Å²) in [5.74, 6) is 0.0870. The molecule has 1 aromatic rings. The zero-order valence-electron chi connectivity index (χ0n) is 21.0. The molecule has 188 valence electrons. The van der Waals surface area contributed by atoms with Crippen LogP contribution in [0.2, 0.25) is 0 Å². The Balaban J connectivity index is 1.93. The molecule has 1 aromatic carbocycles. The van der Waals surface area contributed by atoms with Gasteiger partial charge in [-0.05, 0) is 58.4 Å². The fourth-order valence-corrected chi connectivity index (χ4v) is 4.69. The Morgan fingerprint density at radius 2 is 2.15 bits per heavy atom. The van der Waals surface area contributed by atoms with Gasteiger partial charge in [-0.25, -0.2) is 0 Å². The van der Waals surface area contributed by atoms with E-state index in [-0.39, 0.29) is 43.0 Å². The Kier molecular flexibility index (Phi) is 8.54. The maximum Gasteiger partial charge on any atom is 0.273 e. The number of hydrogen-bond donors (Lipinski definition) is 2. The van der Waals surface area contributed by atoms with Gasteiger partial charge in [-0.15, -0.1) is 0 Å². The van der Waals surface area contributed by atoms with Gasteiger partial charge >= 0.3 is 0 Å². The zero-order chi connectivity index (χ0) is 24.9. The number of nitrogens with zero attached hydrogens (tertiary/aromatic N) is 2. The van der Waals surface area contributed by atoms with Gasteiger partial charge in [0.2, 0.25) is 11.5 Å². The van der Waals surface area contributed by atoms with Gasteiger partial charge in [0.25, 0.3) is 11.8 Å². The summed E-state index contributed by atoms with van der Waals surface area (Å²) < 4.78 is 11.3. The molecule has 0 bridgehead atoms. The highest BCUT2D eigenvalue weighted by Gasteiger charge is 2.45. The van der Waals surface area contributed by atoms with Crippen molar-refractivity contribution in [2.45, 2.75) is 64.6 Å². The lowest BCUT2D eigenvalue weighted by atomic mass is 9.99. The van der Waals surface area contributed by atoms with Gasteiger partial charge in [0.15, 0.2) is 0 Å². The Bertz CT molecular complexity index is 899. The number of piperidine rings is 1. The minimum Gasteiger partial charge on any atom is -0.473 e. The minimum absolute atomic E-state index is 0.0386. The van der Waals surface area contributed by atoms with Crippen LogP contribution >= 0.6 is 0 Å². The first-order chi connectivity index (χ1) is 16.2. The molecule has 3 rings (SSSR count). The Hall–Kier alpha value is -2.65. The van der Waals surface area contributed by atoms with Crippen LogP contribution in [0.1, 0.15) is 57.3 Å². The highest BCUT2D eigenvalue weighted by atomic mass is 16.5. The highest BCUT2D eigenvalue weighted by Crippen LogP contribution is 2.39. The lowest BCUT2D eigenvalue weighted by molar-refractivity contribution is -0.138. The van der Waals surface area contributed by atoms with Crippen molar-refractivity contribution < 1.29 is 23.9 Å². The van der Waals surface area contributed by atoms with Crippen molar-refractivity contribution in [3.8, 4) is 5.75 Å². The van der Waals surface area contributed by atoms with Gasteiger partial charge in [0, 0.05) is 50.8 Å². The maximum atomic E-state index is 13.6. The molecule has 3 amide bonds. The van der Waals surface area contributed by atoms with E-state index in [4.69, 9.17) is 9.47 Å². The summed E-state index contributed by atoms with van der Waals surface area (Å²) in [6.07, 6.45) is 2.36. The van der Waals surface area contributed by atoms with Crippen molar-refractivity contribution in [1.29, 1.82) is 0 Å². The molecule has 0 radical (unpaired) electrons. The predicted molar refractivity (Wildman–Crippen MR) is 130 cm³/mol. The van der Waals surface area contributed by atoms with Gasteiger partial charge < -0.3 is 29.9 Å². The fraction of sp³-hybridized carbons (Fsp3) is 0.640. The first-order valence-electron chi connectivity index (χ1n) is 12.2. The Morgan fingerprint density at radius 3 is 2.76 bits per heavy atom. The number of carbonyl (C=O) groups excluding carboxylic acids is 3. The van der Waals surface area contributed by atoms with E-state index in [0.29, 0.717) is 30.0 Å². The summed E-state index contributed by atoms with van der Waals surface area (Å²) >= 11 is 0. The van der Waals surface area contributed by atoms with Gasteiger partial charge in [0.05, 0.1) is 12.3 Å². The Morgan fingerprint density at radius 1 is 1.38 bits per heavy atom. The highest BCUT2D eigenvalue weighted by molar-refractivity contribution is 6.04. The third kappa shape index (κ3) is 5.52. The quantitative estimate of drug-likeness (QED) is 0.568. The largest absolute Gasteiger partial charge is 0.473 e. The van der Waals surface area contributed by atoms with E-state index < -0.39 is 5.60 Å². The number of methoxy groups -OCH3 is 1. The minimum atomic E-state index is -1.19. The monoisotopic (exact) mass is 474 g/mol. The first kappa shape index (κ1) is 26.0. The maximum absolute atomic E-state index is 13.6. The van der Waals surface area contributed by atoms with E-state index in [2.05, 4.69) is 10.6 Å². The number of rotatable bonds is 9. The SMILES string of the molecule is CCC(=O)NCCN1C(=O)C(C)(COC)Oc2ccc(C(=O)N(C(C)C)[C@@H]3CCCNC3)cc21. The lowest BCUT2D eigenvalue weighted by Crippen LogP contribution is -2.58. The van der Waals surface area contributed by atoms with Crippen LogP contribution in [-0.2, 0) is 14.3 Å². The number of hydrogen-bond acceptors (Lipinski definition) is 6. The van der Waals surface area contributed by atoms with E-state index in [9.17, 15) is 14.4 Å². The molecular formula is C25H38N4O5. The number of fused-ring (bicyclic) bond motifs is 1.